The molecule has 0 saturated carbocycles. The molecule has 0 aliphatic rings. The van der Waals surface area contributed by atoms with Crippen LogP contribution in [0.25, 0.3) is 11.0 Å². The van der Waals surface area contributed by atoms with E-state index >= 15 is 0 Å². The fourth-order valence-corrected chi connectivity index (χ4v) is 1.79. The molecule has 0 radical (unpaired) electrons. The van der Waals surface area contributed by atoms with Crippen molar-refractivity contribution >= 4 is 28.7 Å². The van der Waals surface area contributed by atoms with Crippen molar-refractivity contribution in [3.8, 4) is 0 Å². The van der Waals surface area contributed by atoms with Gasteiger partial charge in [0.2, 0.25) is 11.9 Å². The molecule has 2 heterocycles. The van der Waals surface area contributed by atoms with E-state index in [1.807, 2.05) is 35.9 Å². The smallest absolute Gasteiger partial charge is 0.231 e. The van der Waals surface area contributed by atoms with E-state index in [9.17, 15) is 0 Å². The maximum Gasteiger partial charge on any atom is 0.231 e. The predicted molar refractivity (Wildman–Crippen MR) is 70.4 cm³/mol. The molecule has 0 unspecified atom stereocenters. The summed E-state index contributed by atoms with van der Waals surface area (Å²) in [5.41, 5.74) is 7.57. The number of imidazole rings is 1. The highest BCUT2D eigenvalue weighted by Crippen LogP contribution is 2.19. The van der Waals surface area contributed by atoms with Crippen LogP contribution in [0, 0.1) is 0 Å². The second kappa shape index (κ2) is 3.99. The zero-order valence-corrected chi connectivity index (χ0v) is 9.83. The topological polar surface area (TPSA) is 81.7 Å². The number of aryl methyl sites for hydroxylation is 1. The molecule has 0 atom stereocenters. The Morgan fingerprint density at radius 3 is 2.78 bits per heavy atom. The number of aromatic nitrogens is 4. The maximum atomic E-state index is 5.61. The van der Waals surface area contributed by atoms with Crippen molar-refractivity contribution in [2.75, 3.05) is 11.1 Å². The zero-order chi connectivity index (χ0) is 12.5. The highest BCUT2D eigenvalue weighted by Gasteiger charge is 2.08. The summed E-state index contributed by atoms with van der Waals surface area (Å²) in [6.07, 6.45) is 1.60. The zero-order valence-electron chi connectivity index (χ0n) is 9.83. The monoisotopic (exact) mass is 240 g/mol. The summed E-state index contributed by atoms with van der Waals surface area (Å²) in [5, 5.41) is 3.05. The van der Waals surface area contributed by atoms with Gasteiger partial charge >= 0.3 is 0 Å². The summed E-state index contributed by atoms with van der Waals surface area (Å²) in [5.74, 6) is 1.54. The molecule has 90 valence electrons. The normalized spacial score (nSPS) is 10.7. The third-order valence-corrected chi connectivity index (χ3v) is 2.69. The summed E-state index contributed by atoms with van der Waals surface area (Å²) in [7, 11) is 1.93. The van der Waals surface area contributed by atoms with Gasteiger partial charge in [0.05, 0.1) is 11.0 Å². The van der Waals surface area contributed by atoms with Gasteiger partial charge in [0.1, 0.15) is 5.82 Å². The van der Waals surface area contributed by atoms with Gasteiger partial charge in [-0.05, 0) is 18.2 Å². The van der Waals surface area contributed by atoms with Crippen LogP contribution >= 0.6 is 0 Å². The largest absolute Gasteiger partial charge is 0.384 e. The van der Waals surface area contributed by atoms with E-state index in [1.54, 1.807) is 12.3 Å². The molecule has 2 aromatic heterocycles. The molecule has 0 fully saturated rings. The number of benzene rings is 1. The standard InChI is InChI=1S/C12H12N6/c1-18-9-5-3-2-4-8(9)15-12(18)17-11-14-7-6-10(13)16-11/h2-7H,1H3,(H3,13,14,15,16,17). The number of rotatable bonds is 2. The minimum absolute atomic E-state index is 0.422. The van der Waals surface area contributed by atoms with Gasteiger partial charge in [-0.3, -0.25) is 5.32 Å². The molecule has 3 N–H and O–H groups in total. The highest BCUT2D eigenvalue weighted by molar-refractivity contribution is 5.79. The molecule has 0 amide bonds. The molecule has 6 heteroatoms. The van der Waals surface area contributed by atoms with Crippen LogP contribution in [0.15, 0.2) is 36.5 Å². The quantitative estimate of drug-likeness (QED) is 0.712. The van der Waals surface area contributed by atoms with Gasteiger partial charge in [0, 0.05) is 13.2 Å². The van der Waals surface area contributed by atoms with Crippen LogP contribution in [0.4, 0.5) is 17.7 Å². The number of fused-ring (bicyclic) bond motifs is 1. The number of hydrogen-bond acceptors (Lipinski definition) is 5. The summed E-state index contributed by atoms with van der Waals surface area (Å²) < 4.78 is 1.95. The Morgan fingerprint density at radius 2 is 2.00 bits per heavy atom. The fourth-order valence-electron chi connectivity index (χ4n) is 1.79. The summed E-state index contributed by atoms with van der Waals surface area (Å²) in [4.78, 5) is 12.6. The van der Waals surface area contributed by atoms with Gasteiger partial charge in [-0.25, -0.2) is 9.97 Å². The van der Waals surface area contributed by atoms with E-state index in [0.717, 1.165) is 11.0 Å². The number of anilines is 3. The number of nitrogens with two attached hydrogens (primary N) is 1. The molecular formula is C12H12N6. The van der Waals surface area contributed by atoms with Crippen LogP contribution in [-0.2, 0) is 7.05 Å². The second-order valence-electron chi connectivity index (χ2n) is 3.91. The van der Waals surface area contributed by atoms with Gasteiger partial charge in [0.25, 0.3) is 0 Å². The maximum absolute atomic E-state index is 5.61. The lowest BCUT2D eigenvalue weighted by Crippen LogP contribution is -2.03. The van der Waals surface area contributed by atoms with E-state index in [-0.39, 0.29) is 0 Å². The number of para-hydroxylation sites is 2. The minimum Gasteiger partial charge on any atom is -0.384 e. The Morgan fingerprint density at radius 1 is 1.17 bits per heavy atom. The molecule has 6 nitrogen and oxygen atoms in total. The lowest BCUT2D eigenvalue weighted by molar-refractivity contribution is 0.950. The Labute approximate surface area is 104 Å². The van der Waals surface area contributed by atoms with Crippen LogP contribution in [0.2, 0.25) is 0 Å². The first-order chi connectivity index (χ1) is 8.74. The Balaban J connectivity index is 2.02. The number of nitrogen functional groups attached to an aromatic ring is 1. The molecule has 0 spiro atoms. The molecule has 1 aromatic carbocycles. The van der Waals surface area contributed by atoms with Crippen LogP contribution < -0.4 is 11.1 Å². The Bertz CT molecular complexity index is 703. The Kier molecular flexibility index (Phi) is 2.33. The van der Waals surface area contributed by atoms with Crippen LogP contribution in [0.1, 0.15) is 0 Å². The first-order valence-corrected chi connectivity index (χ1v) is 5.51. The van der Waals surface area contributed by atoms with Gasteiger partial charge in [0.15, 0.2) is 0 Å². The molecule has 0 saturated heterocycles. The first kappa shape index (κ1) is 10.5. The lowest BCUT2D eigenvalue weighted by Gasteiger charge is -2.04. The molecule has 0 aliphatic carbocycles. The van der Waals surface area contributed by atoms with Gasteiger partial charge in [-0.2, -0.15) is 4.98 Å². The molecule has 3 rings (SSSR count). The second-order valence-corrected chi connectivity index (χ2v) is 3.91. The lowest BCUT2D eigenvalue weighted by atomic mass is 10.3. The van der Waals surface area contributed by atoms with Gasteiger partial charge < -0.3 is 10.3 Å². The molecule has 0 aliphatic heterocycles. The van der Waals surface area contributed by atoms with Crippen molar-refractivity contribution in [1.29, 1.82) is 0 Å². The van der Waals surface area contributed by atoms with Crippen LogP contribution in [0.5, 0.6) is 0 Å². The van der Waals surface area contributed by atoms with Crippen molar-refractivity contribution in [2.45, 2.75) is 0 Å². The number of nitrogens with zero attached hydrogens (tertiary/aromatic N) is 4. The third-order valence-electron chi connectivity index (χ3n) is 2.69. The van der Waals surface area contributed by atoms with E-state index in [0.29, 0.717) is 17.7 Å². The first-order valence-electron chi connectivity index (χ1n) is 5.51. The van der Waals surface area contributed by atoms with Crippen molar-refractivity contribution < 1.29 is 0 Å². The fraction of sp³-hybridized carbons (Fsp3) is 0.0833. The summed E-state index contributed by atoms with van der Waals surface area (Å²) >= 11 is 0. The molecule has 3 aromatic rings. The van der Waals surface area contributed by atoms with Gasteiger partial charge in [-0.15, -0.1) is 0 Å². The number of hydrogen-bond donors (Lipinski definition) is 2. The third kappa shape index (κ3) is 1.73. The SMILES string of the molecule is Cn1c(Nc2nccc(N)n2)nc2ccccc21. The predicted octanol–water partition coefficient (Wildman–Crippen LogP) is 1.69. The van der Waals surface area contributed by atoms with Crippen molar-refractivity contribution in [1.82, 2.24) is 19.5 Å². The summed E-state index contributed by atoms with van der Waals surface area (Å²) in [6.45, 7) is 0. The molecule has 18 heavy (non-hydrogen) atoms. The highest BCUT2D eigenvalue weighted by atomic mass is 15.2. The van der Waals surface area contributed by atoms with Crippen LogP contribution in [-0.4, -0.2) is 19.5 Å². The van der Waals surface area contributed by atoms with Crippen molar-refractivity contribution in [2.24, 2.45) is 7.05 Å². The summed E-state index contributed by atoms with van der Waals surface area (Å²) in [6, 6.07) is 9.54. The van der Waals surface area contributed by atoms with E-state index in [2.05, 4.69) is 20.3 Å². The van der Waals surface area contributed by atoms with E-state index in [4.69, 9.17) is 5.73 Å². The van der Waals surface area contributed by atoms with Crippen molar-refractivity contribution in [3.05, 3.63) is 36.5 Å². The van der Waals surface area contributed by atoms with E-state index < -0.39 is 0 Å². The van der Waals surface area contributed by atoms with Gasteiger partial charge in [-0.1, -0.05) is 12.1 Å². The number of nitrogens with one attached hydrogen (secondary N) is 1. The average Bonchev–Trinajstić information content (AvgIpc) is 2.67. The van der Waals surface area contributed by atoms with Crippen molar-refractivity contribution in [3.63, 3.8) is 0 Å². The minimum atomic E-state index is 0.422. The molecular weight excluding hydrogens is 228 g/mol. The van der Waals surface area contributed by atoms with E-state index in [1.165, 1.54) is 0 Å². The van der Waals surface area contributed by atoms with Crippen LogP contribution in [0.3, 0.4) is 0 Å². The average molecular weight is 240 g/mol. The molecule has 0 bridgehead atoms. The Hall–Kier alpha value is -2.63.